The topological polar surface area (TPSA) is 38.8 Å². The minimum Gasteiger partial charge on any atom is -0.497 e. The van der Waals surface area contributed by atoms with Crippen LogP contribution in [0, 0.1) is 0 Å². The third-order valence-corrected chi connectivity index (χ3v) is 4.48. The van der Waals surface area contributed by atoms with Crippen molar-refractivity contribution in [2.75, 3.05) is 20.8 Å². The largest absolute Gasteiger partial charge is 0.497 e. The molecule has 1 heterocycles. The first-order valence-corrected chi connectivity index (χ1v) is 6.59. The molecule has 0 aromatic heterocycles. The van der Waals surface area contributed by atoms with Gasteiger partial charge < -0.3 is 14.4 Å². The molecule has 0 radical (unpaired) electrons. The lowest BCUT2D eigenvalue weighted by atomic mass is 9.73. The third-order valence-electron chi connectivity index (χ3n) is 4.48. The zero-order valence-corrected chi connectivity index (χ0v) is 11.6. The summed E-state index contributed by atoms with van der Waals surface area (Å²) in [5.74, 6) is 0.884. The summed E-state index contributed by atoms with van der Waals surface area (Å²) in [6, 6.07) is 6.50. The molecule has 1 fully saturated rings. The molecule has 4 heteroatoms. The summed E-state index contributed by atoms with van der Waals surface area (Å²) in [6.45, 7) is 2.95. The van der Waals surface area contributed by atoms with Gasteiger partial charge in [-0.3, -0.25) is 0 Å². The van der Waals surface area contributed by atoms with Crippen molar-refractivity contribution >= 4 is 6.09 Å². The number of carbonyl (C=O) groups excluding carboxylic acids is 1. The van der Waals surface area contributed by atoms with Crippen LogP contribution < -0.4 is 4.74 Å². The fourth-order valence-electron chi connectivity index (χ4n) is 3.58. The Balaban J connectivity index is 2.00. The number of amides is 1. The van der Waals surface area contributed by atoms with E-state index in [0.29, 0.717) is 0 Å². The number of hydrogen-bond acceptors (Lipinski definition) is 3. The van der Waals surface area contributed by atoms with Crippen molar-refractivity contribution in [3.05, 3.63) is 29.3 Å². The van der Waals surface area contributed by atoms with E-state index >= 15 is 0 Å². The van der Waals surface area contributed by atoms with Crippen LogP contribution >= 0.6 is 0 Å². The normalized spacial score (nSPS) is 27.9. The Morgan fingerprint density at radius 3 is 2.89 bits per heavy atom. The summed E-state index contributed by atoms with van der Waals surface area (Å²) >= 11 is 0. The molecule has 2 atom stereocenters. The summed E-state index contributed by atoms with van der Waals surface area (Å²) in [5.41, 5.74) is 2.65. The van der Waals surface area contributed by atoms with Crippen molar-refractivity contribution < 1.29 is 14.3 Å². The van der Waals surface area contributed by atoms with Gasteiger partial charge in [0.1, 0.15) is 5.75 Å². The minimum atomic E-state index is -0.214. The molecule has 0 saturated carbocycles. The summed E-state index contributed by atoms with van der Waals surface area (Å²) in [4.78, 5) is 13.7. The lowest BCUT2D eigenvalue weighted by molar-refractivity contribution is 0.118. The van der Waals surface area contributed by atoms with Gasteiger partial charge in [0.2, 0.25) is 0 Å². The van der Waals surface area contributed by atoms with Crippen molar-refractivity contribution in [3.8, 4) is 5.75 Å². The highest BCUT2D eigenvalue weighted by atomic mass is 16.5. The first kappa shape index (κ1) is 12.3. The van der Waals surface area contributed by atoms with Crippen molar-refractivity contribution in [1.82, 2.24) is 4.90 Å². The molecule has 4 nitrogen and oxygen atoms in total. The number of rotatable bonds is 1. The van der Waals surface area contributed by atoms with Gasteiger partial charge in [0, 0.05) is 18.0 Å². The van der Waals surface area contributed by atoms with Crippen molar-refractivity contribution in [2.45, 2.75) is 31.2 Å². The number of fused-ring (bicyclic) bond motifs is 4. The molecule has 1 aliphatic heterocycles. The highest BCUT2D eigenvalue weighted by Crippen LogP contribution is 2.46. The van der Waals surface area contributed by atoms with E-state index in [1.807, 2.05) is 11.0 Å². The predicted molar refractivity (Wildman–Crippen MR) is 71.6 cm³/mol. The Bertz CT molecular complexity index is 528. The quantitative estimate of drug-likeness (QED) is 0.779. The number of nitrogens with zero attached hydrogens (tertiary/aromatic N) is 1. The Labute approximate surface area is 113 Å². The summed E-state index contributed by atoms with van der Waals surface area (Å²) in [7, 11) is 3.13. The van der Waals surface area contributed by atoms with Crippen LogP contribution in [0.1, 0.15) is 24.5 Å². The summed E-state index contributed by atoms with van der Waals surface area (Å²) in [6.07, 6.45) is 1.69. The standard InChI is InChI=1S/C15H19NO3/c1-15-8-11(16(9-15)14(17)19-3)6-10-4-5-12(18-2)7-13(10)15/h4-5,7,11H,6,8-9H2,1-3H3/t11-,15+/m0/s1. The summed E-state index contributed by atoms with van der Waals surface area (Å²) < 4.78 is 10.2. The van der Waals surface area contributed by atoms with E-state index in [4.69, 9.17) is 9.47 Å². The van der Waals surface area contributed by atoms with Crippen molar-refractivity contribution in [3.63, 3.8) is 0 Å². The Morgan fingerprint density at radius 2 is 2.21 bits per heavy atom. The predicted octanol–water partition coefficient (Wildman–Crippen LogP) is 2.35. The van der Waals surface area contributed by atoms with Gasteiger partial charge in [-0.05, 0) is 36.1 Å². The number of methoxy groups -OCH3 is 2. The molecule has 0 unspecified atom stereocenters. The molecule has 2 bridgehead atoms. The zero-order valence-electron chi connectivity index (χ0n) is 11.6. The second-order valence-corrected chi connectivity index (χ2v) is 5.74. The molecular formula is C15H19NO3. The van der Waals surface area contributed by atoms with Gasteiger partial charge in [0.25, 0.3) is 0 Å². The van der Waals surface area contributed by atoms with Gasteiger partial charge in [-0.1, -0.05) is 13.0 Å². The van der Waals surface area contributed by atoms with Gasteiger partial charge in [0.05, 0.1) is 14.2 Å². The average Bonchev–Trinajstić information content (AvgIpc) is 2.71. The first-order chi connectivity index (χ1) is 9.07. The van der Waals surface area contributed by atoms with Crippen LogP contribution in [0.5, 0.6) is 5.75 Å². The van der Waals surface area contributed by atoms with E-state index < -0.39 is 0 Å². The average molecular weight is 261 g/mol. The lowest BCUT2D eigenvalue weighted by Crippen LogP contribution is -2.36. The van der Waals surface area contributed by atoms with E-state index in [2.05, 4.69) is 19.1 Å². The molecule has 0 N–H and O–H groups in total. The lowest BCUT2D eigenvalue weighted by Gasteiger charge is -2.30. The van der Waals surface area contributed by atoms with Crippen molar-refractivity contribution in [1.29, 1.82) is 0 Å². The third kappa shape index (κ3) is 1.78. The maximum Gasteiger partial charge on any atom is 0.409 e. The molecule has 1 aromatic rings. The van der Waals surface area contributed by atoms with E-state index in [-0.39, 0.29) is 17.6 Å². The Hall–Kier alpha value is -1.71. The number of benzene rings is 1. The molecule has 1 amide bonds. The number of carbonyl (C=O) groups is 1. The van der Waals surface area contributed by atoms with Gasteiger partial charge >= 0.3 is 6.09 Å². The molecule has 1 saturated heterocycles. The van der Waals surface area contributed by atoms with Crippen LogP contribution in [0.25, 0.3) is 0 Å². The van der Waals surface area contributed by atoms with E-state index in [1.165, 1.54) is 18.2 Å². The number of hydrogen-bond donors (Lipinski definition) is 0. The van der Waals surface area contributed by atoms with Gasteiger partial charge in [-0.25, -0.2) is 4.79 Å². The van der Waals surface area contributed by atoms with E-state index in [0.717, 1.165) is 25.1 Å². The fourth-order valence-corrected chi connectivity index (χ4v) is 3.58. The molecule has 0 spiro atoms. The van der Waals surface area contributed by atoms with Gasteiger partial charge in [-0.15, -0.1) is 0 Å². The molecular weight excluding hydrogens is 242 g/mol. The maximum absolute atomic E-state index is 11.9. The van der Waals surface area contributed by atoms with Gasteiger partial charge in [0.15, 0.2) is 0 Å². The molecule has 2 aliphatic rings. The SMILES string of the molecule is COC(=O)N1C[C@@]2(C)C[C@@H]1Cc1ccc(OC)cc12. The maximum atomic E-state index is 11.9. The van der Waals surface area contributed by atoms with Crippen LogP contribution in [0.3, 0.4) is 0 Å². The van der Waals surface area contributed by atoms with E-state index in [1.54, 1.807) is 7.11 Å². The minimum absolute atomic E-state index is 0.0149. The zero-order chi connectivity index (χ0) is 13.6. The van der Waals surface area contributed by atoms with Crippen LogP contribution in [-0.4, -0.2) is 37.8 Å². The van der Waals surface area contributed by atoms with Crippen LogP contribution in [0.15, 0.2) is 18.2 Å². The fraction of sp³-hybridized carbons (Fsp3) is 0.533. The number of likely N-dealkylation sites (tertiary alicyclic amines) is 1. The van der Waals surface area contributed by atoms with Crippen LogP contribution in [0.2, 0.25) is 0 Å². The molecule has 3 rings (SSSR count). The highest BCUT2D eigenvalue weighted by Gasteiger charge is 2.48. The highest BCUT2D eigenvalue weighted by molar-refractivity contribution is 5.69. The monoisotopic (exact) mass is 261 g/mol. The second kappa shape index (κ2) is 4.15. The Kier molecular flexibility index (Phi) is 2.69. The molecule has 19 heavy (non-hydrogen) atoms. The second-order valence-electron chi connectivity index (χ2n) is 5.74. The summed E-state index contributed by atoms with van der Waals surface area (Å²) in [5, 5.41) is 0. The van der Waals surface area contributed by atoms with Crippen LogP contribution in [-0.2, 0) is 16.6 Å². The number of ether oxygens (including phenoxy) is 2. The van der Waals surface area contributed by atoms with E-state index in [9.17, 15) is 4.79 Å². The molecule has 1 aliphatic carbocycles. The van der Waals surface area contributed by atoms with Crippen molar-refractivity contribution in [2.24, 2.45) is 0 Å². The molecule has 102 valence electrons. The van der Waals surface area contributed by atoms with Crippen LogP contribution in [0.4, 0.5) is 4.79 Å². The smallest absolute Gasteiger partial charge is 0.409 e. The first-order valence-electron chi connectivity index (χ1n) is 6.59. The Morgan fingerprint density at radius 1 is 1.42 bits per heavy atom. The van der Waals surface area contributed by atoms with Gasteiger partial charge in [-0.2, -0.15) is 0 Å². The molecule has 1 aromatic carbocycles.